The number of hydrogen-bond acceptors (Lipinski definition) is 3. The SMILES string of the molecule is CCNC(=NCc1cccc(OC)c1)NCCNC(=O)c1ccccc1Cl. The summed E-state index contributed by atoms with van der Waals surface area (Å²) in [6, 6.07) is 14.8. The molecule has 2 rings (SSSR count). The summed E-state index contributed by atoms with van der Waals surface area (Å²) < 4.78 is 5.23. The average molecular weight is 389 g/mol. The van der Waals surface area contributed by atoms with Crippen molar-refractivity contribution in [2.24, 2.45) is 4.99 Å². The second kappa shape index (κ2) is 11.1. The second-order valence-electron chi connectivity index (χ2n) is 5.71. The molecule has 0 spiro atoms. The molecule has 27 heavy (non-hydrogen) atoms. The minimum absolute atomic E-state index is 0.194. The van der Waals surface area contributed by atoms with Crippen molar-refractivity contribution in [2.45, 2.75) is 13.5 Å². The Kier molecular flexibility index (Phi) is 8.45. The second-order valence-corrected chi connectivity index (χ2v) is 6.12. The van der Waals surface area contributed by atoms with Crippen molar-refractivity contribution in [2.75, 3.05) is 26.7 Å². The van der Waals surface area contributed by atoms with Gasteiger partial charge in [-0.1, -0.05) is 35.9 Å². The van der Waals surface area contributed by atoms with Gasteiger partial charge < -0.3 is 20.7 Å². The van der Waals surface area contributed by atoms with Crippen LogP contribution in [0.1, 0.15) is 22.8 Å². The first-order valence-corrected chi connectivity index (χ1v) is 9.19. The number of halogens is 1. The van der Waals surface area contributed by atoms with Crippen LogP contribution in [0.25, 0.3) is 0 Å². The van der Waals surface area contributed by atoms with Gasteiger partial charge in [-0.25, -0.2) is 4.99 Å². The molecule has 0 saturated heterocycles. The number of benzene rings is 2. The van der Waals surface area contributed by atoms with Crippen LogP contribution in [-0.2, 0) is 6.54 Å². The summed E-state index contributed by atoms with van der Waals surface area (Å²) in [5.41, 5.74) is 1.52. The highest BCUT2D eigenvalue weighted by molar-refractivity contribution is 6.33. The van der Waals surface area contributed by atoms with Crippen molar-refractivity contribution in [3.8, 4) is 5.75 Å². The van der Waals surface area contributed by atoms with Gasteiger partial charge in [0.05, 0.1) is 24.2 Å². The van der Waals surface area contributed by atoms with Crippen molar-refractivity contribution in [1.82, 2.24) is 16.0 Å². The van der Waals surface area contributed by atoms with Crippen LogP contribution in [0.15, 0.2) is 53.5 Å². The summed E-state index contributed by atoms with van der Waals surface area (Å²) >= 11 is 6.03. The Morgan fingerprint density at radius 2 is 1.85 bits per heavy atom. The van der Waals surface area contributed by atoms with Crippen molar-refractivity contribution >= 4 is 23.5 Å². The van der Waals surface area contributed by atoms with E-state index in [0.29, 0.717) is 36.2 Å². The largest absolute Gasteiger partial charge is 0.497 e. The van der Waals surface area contributed by atoms with E-state index in [2.05, 4.69) is 20.9 Å². The molecule has 1 amide bonds. The fraction of sp³-hybridized carbons (Fsp3) is 0.300. The third kappa shape index (κ3) is 6.83. The highest BCUT2D eigenvalue weighted by Gasteiger charge is 2.08. The first-order valence-electron chi connectivity index (χ1n) is 8.82. The first kappa shape index (κ1) is 20.6. The summed E-state index contributed by atoms with van der Waals surface area (Å²) in [6.45, 7) is 4.27. The molecule has 0 aromatic heterocycles. The van der Waals surface area contributed by atoms with Crippen LogP contribution in [-0.4, -0.2) is 38.6 Å². The number of methoxy groups -OCH3 is 1. The van der Waals surface area contributed by atoms with Gasteiger partial charge in [0, 0.05) is 19.6 Å². The normalized spacial score (nSPS) is 11.0. The molecule has 0 fully saturated rings. The molecule has 2 aromatic carbocycles. The van der Waals surface area contributed by atoms with Crippen molar-refractivity contribution < 1.29 is 9.53 Å². The molecule has 0 bridgehead atoms. The highest BCUT2D eigenvalue weighted by atomic mass is 35.5. The molecule has 7 heteroatoms. The molecule has 0 aliphatic rings. The van der Waals surface area contributed by atoms with Gasteiger partial charge in [-0.05, 0) is 36.8 Å². The van der Waals surface area contributed by atoms with Crippen LogP contribution < -0.4 is 20.7 Å². The van der Waals surface area contributed by atoms with Crippen LogP contribution in [0.2, 0.25) is 5.02 Å². The topological polar surface area (TPSA) is 74.8 Å². The molecule has 0 unspecified atom stereocenters. The summed E-state index contributed by atoms with van der Waals surface area (Å²) in [6.07, 6.45) is 0. The lowest BCUT2D eigenvalue weighted by Crippen LogP contribution is -2.41. The Morgan fingerprint density at radius 3 is 2.59 bits per heavy atom. The Hall–Kier alpha value is -2.73. The Morgan fingerprint density at radius 1 is 1.07 bits per heavy atom. The van der Waals surface area contributed by atoms with E-state index in [9.17, 15) is 4.79 Å². The Balaban J connectivity index is 1.83. The Bertz CT molecular complexity index is 780. The lowest BCUT2D eigenvalue weighted by atomic mass is 10.2. The molecular weight excluding hydrogens is 364 g/mol. The van der Waals surface area contributed by atoms with E-state index >= 15 is 0 Å². The number of amides is 1. The fourth-order valence-electron chi connectivity index (χ4n) is 2.38. The van der Waals surface area contributed by atoms with Crippen LogP contribution in [0.4, 0.5) is 0 Å². The maximum Gasteiger partial charge on any atom is 0.252 e. The van der Waals surface area contributed by atoms with Crippen LogP contribution in [0, 0.1) is 0 Å². The van der Waals surface area contributed by atoms with E-state index < -0.39 is 0 Å². The van der Waals surface area contributed by atoms with E-state index in [4.69, 9.17) is 16.3 Å². The number of carbonyl (C=O) groups is 1. The molecule has 0 atom stereocenters. The summed E-state index contributed by atoms with van der Waals surface area (Å²) in [5.74, 6) is 1.30. The van der Waals surface area contributed by atoms with Gasteiger partial charge in [0.25, 0.3) is 5.91 Å². The molecule has 0 aliphatic carbocycles. The maximum atomic E-state index is 12.1. The standard InChI is InChI=1S/C20H25ClN4O2/c1-3-22-20(25-14-15-7-6-8-16(13-15)27-2)24-12-11-23-19(26)17-9-4-5-10-18(17)21/h4-10,13H,3,11-12,14H2,1-2H3,(H,23,26)(H2,22,24,25). The average Bonchev–Trinajstić information content (AvgIpc) is 2.69. The van der Waals surface area contributed by atoms with Crippen LogP contribution >= 0.6 is 11.6 Å². The van der Waals surface area contributed by atoms with E-state index in [1.807, 2.05) is 31.2 Å². The summed E-state index contributed by atoms with van der Waals surface area (Å²) in [7, 11) is 1.64. The molecular formula is C20H25ClN4O2. The van der Waals surface area contributed by atoms with Gasteiger partial charge in [-0.15, -0.1) is 0 Å². The number of nitrogens with one attached hydrogen (secondary N) is 3. The zero-order valence-electron chi connectivity index (χ0n) is 15.6. The smallest absolute Gasteiger partial charge is 0.252 e. The Labute approximate surface area is 165 Å². The molecule has 6 nitrogen and oxygen atoms in total. The summed E-state index contributed by atoms with van der Waals surface area (Å²) in [5, 5.41) is 9.67. The third-order valence-corrected chi connectivity index (χ3v) is 4.05. The zero-order chi connectivity index (χ0) is 19.5. The predicted octanol–water partition coefficient (Wildman–Crippen LogP) is 2.83. The van der Waals surface area contributed by atoms with E-state index in [-0.39, 0.29) is 5.91 Å². The number of hydrogen-bond donors (Lipinski definition) is 3. The van der Waals surface area contributed by atoms with Crippen molar-refractivity contribution in [3.63, 3.8) is 0 Å². The van der Waals surface area contributed by atoms with E-state index in [1.165, 1.54) is 0 Å². The minimum atomic E-state index is -0.194. The molecule has 2 aromatic rings. The molecule has 3 N–H and O–H groups in total. The molecule has 0 saturated carbocycles. The zero-order valence-corrected chi connectivity index (χ0v) is 16.3. The lowest BCUT2D eigenvalue weighted by Gasteiger charge is -2.12. The summed E-state index contributed by atoms with van der Waals surface area (Å²) in [4.78, 5) is 16.7. The van der Waals surface area contributed by atoms with Gasteiger partial charge in [0.2, 0.25) is 0 Å². The van der Waals surface area contributed by atoms with Crippen molar-refractivity contribution in [3.05, 3.63) is 64.7 Å². The van der Waals surface area contributed by atoms with Gasteiger partial charge in [-0.2, -0.15) is 0 Å². The predicted molar refractivity (Wildman–Crippen MR) is 110 cm³/mol. The first-order chi connectivity index (χ1) is 13.1. The number of rotatable bonds is 8. The monoisotopic (exact) mass is 388 g/mol. The van der Waals surface area contributed by atoms with E-state index in [1.54, 1.807) is 31.4 Å². The quantitative estimate of drug-likeness (QED) is 0.369. The molecule has 0 heterocycles. The van der Waals surface area contributed by atoms with Gasteiger partial charge >= 0.3 is 0 Å². The highest BCUT2D eigenvalue weighted by Crippen LogP contribution is 2.14. The van der Waals surface area contributed by atoms with Gasteiger partial charge in [-0.3, -0.25) is 4.79 Å². The van der Waals surface area contributed by atoms with Crippen molar-refractivity contribution in [1.29, 1.82) is 0 Å². The number of carbonyl (C=O) groups excluding carboxylic acids is 1. The van der Waals surface area contributed by atoms with E-state index in [0.717, 1.165) is 17.9 Å². The van der Waals surface area contributed by atoms with Crippen LogP contribution in [0.3, 0.4) is 0 Å². The molecule has 144 valence electrons. The fourth-order valence-corrected chi connectivity index (χ4v) is 2.60. The number of nitrogens with zero attached hydrogens (tertiary/aromatic N) is 1. The van der Waals surface area contributed by atoms with Gasteiger partial charge in [0.1, 0.15) is 5.75 Å². The number of guanidine groups is 1. The molecule has 0 aliphatic heterocycles. The third-order valence-electron chi connectivity index (χ3n) is 3.72. The maximum absolute atomic E-state index is 12.1. The number of aliphatic imine (C=N–C) groups is 1. The van der Waals surface area contributed by atoms with Gasteiger partial charge in [0.15, 0.2) is 5.96 Å². The number of ether oxygens (including phenoxy) is 1. The van der Waals surface area contributed by atoms with Crippen LogP contribution in [0.5, 0.6) is 5.75 Å². The minimum Gasteiger partial charge on any atom is -0.497 e. The molecule has 0 radical (unpaired) electrons. The lowest BCUT2D eigenvalue weighted by molar-refractivity contribution is 0.0954.